The van der Waals surface area contributed by atoms with Crippen LogP contribution in [-0.4, -0.2) is 30.6 Å². The van der Waals surface area contributed by atoms with Crippen molar-refractivity contribution in [3.8, 4) is 18.1 Å². The number of amides is 1. The van der Waals surface area contributed by atoms with E-state index in [9.17, 15) is 4.79 Å². The van der Waals surface area contributed by atoms with Crippen molar-refractivity contribution in [2.75, 3.05) is 24.7 Å². The van der Waals surface area contributed by atoms with Crippen LogP contribution in [0.4, 0.5) is 0 Å². The smallest absolute Gasteiger partial charge is 0.220 e. The lowest BCUT2D eigenvalue weighted by molar-refractivity contribution is -0.122. The van der Waals surface area contributed by atoms with Gasteiger partial charge >= 0.3 is 0 Å². The van der Waals surface area contributed by atoms with Gasteiger partial charge in [-0.1, -0.05) is 18.1 Å². The van der Waals surface area contributed by atoms with Crippen LogP contribution in [-0.2, 0) is 11.2 Å². The van der Waals surface area contributed by atoms with Gasteiger partial charge in [0.2, 0.25) is 5.91 Å². The maximum Gasteiger partial charge on any atom is 0.220 e. The van der Waals surface area contributed by atoms with Gasteiger partial charge in [0.25, 0.3) is 0 Å². The van der Waals surface area contributed by atoms with Crippen LogP contribution in [0.15, 0.2) is 24.3 Å². The Morgan fingerprint density at radius 2 is 2.05 bits per heavy atom. The van der Waals surface area contributed by atoms with E-state index in [1.807, 2.05) is 36.0 Å². The van der Waals surface area contributed by atoms with Crippen LogP contribution < -0.4 is 10.1 Å². The zero-order chi connectivity index (χ0) is 15.6. The Morgan fingerprint density at radius 3 is 2.73 bits per heavy atom. The number of hydrogen-bond acceptors (Lipinski definition) is 3. The van der Waals surface area contributed by atoms with E-state index in [1.54, 1.807) is 0 Å². The van der Waals surface area contributed by atoms with Gasteiger partial charge in [0, 0.05) is 13.0 Å². The lowest BCUT2D eigenvalue weighted by Crippen LogP contribution is -2.28. The number of thioether (sulfide) groups is 1. The summed E-state index contributed by atoms with van der Waals surface area (Å²) in [5, 5.41) is 3.02. The lowest BCUT2D eigenvalue weighted by atomic mass is 9.98. The molecule has 118 valence electrons. The van der Waals surface area contributed by atoms with E-state index in [2.05, 4.69) is 11.2 Å². The summed E-state index contributed by atoms with van der Waals surface area (Å²) in [5.41, 5.74) is 1.18. The van der Waals surface area contributed by atoms with E-state index < -0.39 is 0 Å². The van der Waals surface area contributed by atoms with Gasteiger partial charge in [-0.2, -0.15) is 11.8 Å². The van der Waals surface area contributed by atoms with E-state index in [4.69, 9.17) is 11.2 Å². The zero-order valence-corrected chi connectivity index (χ0v) is 13.7. The monoisotopic (exact) mass is 317 g/mol. The van der Waals surface area contributed by atoms with Crippen molar-refractivity contribution in [1.82, 2.24) is 5.32 Å². The number of carbonyl (C=O) groups excluding carboxylic acids is 1. The van der Waals surface area contributed by atoms with E-state index in [0.29, 0.717) is 18.9 Å². The van der Waals surface area contributed by atoms with Crippen LogP contribution in [0.1, 0.15) is 24.8 Å². The molecule has 0 aliphatic carbocycles. The molecule has 1 fully saturated rings. The number of nitrogens with one attached hydrogen (secondary N) is 1. The summed E-state index contributed by atoms with van der Waals surface area (Å²) >= 11 is 1.99. The van der Waals surface area contributed by atoms with Crippen molar-refractivity contribution in [2.24, 2.45) is 5.92 Å². The Bertz CT molecular complexity index is 501. The van der Waals surface area contributed by atoms with Gasteiger partial charge in [-0.3, -0.25) is 4.79 Å². The van der Waals surface area contributed by atoms with Crippen LogP contribution in [0.2, 0.25) is 0 Å². The molecule has 1 N–H and O–H groups in total. The highest BCUT2D eigenvalue weighted by atomic mass is 32.2. The van der Waals surface area contributed by atoms with Gasteiger partial charge in [-0.05, 0) is 54.4 Å². The molecule has 1 saturated heterocycles. The third-order valence-electron chi connectivity index (χ3n) is 3.80. The third-order valence-corrected chi connectivity index (χ3v) is 4.85. The second kappa shape index (κ2) is 9.42. The predicted octanol–water partition coefficient (Wildman–Crippen LogP) is 2.89. The van der Waals surface area contributed by atoms with Crippen molar-refractivity contribution in [2.45, 2.75) is 25.7 Å². The van der Waals surface area contributed by atoms with Crippen molar-refractivity contribution >= 4 is 17.7 Å². The van der Waals surface area contributed by atoms with Crippen molar-refractivity contribution in [3.05, 3.63) is 29.8 Å². The molecule has 2 rings (SSSR count). The molecular weight excluding hydrogens is 294 g/mol. The van der Waals surface area contributed by atoms with Gasteiger partial charge in [0.15, 0.2) is 0 Å². The first-order valence-corrected chi connectivity index (χ1v) is 8.93. The minimum Gasteiger partial charge on any atom is -0.481 e. The minimum absolute atomic E-state index is 0.186. The van der Waals surface area contributed by atoms with Crippen LogP contribution in [0.5, 0.6) is 5.75 Å². The fourth-order valence-corrected chi connectivity index (χ4v) is 3.71. The Kier molecular flexibility index (Phi) is 7.18. The molecule has 4 heteroatoms. The summed E-state index contributed by atoms with van der Waals surface area (Å²) in [7, 11) is 0. The Balaban J connectivity index is 1.65. The third kappa shape index (κ3) is 6.03. The van der Waals surface area contributed by atoms with E-state index in [-0.39, 0.29) is 12.5 Å². The Hall–Kier alpha value is -1.60. The number of benzene rings is 1. The van der Waals surface area contributed by atoms with Crippen molar-refractivity contribution in [3.63, 3.8) is 0 Å². The van der Waals surface area contributed by atoms with Gasteiger partial charge in [-0.25, -0.2) is 0 Å². The normalized spacial score (nSPS) is 15.0. The topological polar surface area (TPSA) is 38.3 Å². The largest absolute Gasteiger partial charge is 0.481 e. The molecule has 0 saturated carbocycles. The Labute approximate surface area is 137 Å². The van der Waals surface area contributed by atoms with Gasteiger partial charge < -0.3 is 10.1 Å². The molecule has 1 aliphatic rings. The summed E-state index contributed by atoms with van der Waals surface area (Å²) in [5.74, 6) is 6.38. The predicted molar refractivity (Wildman–Crippen MR) is 92.1 cm³/mol. The fraction of sp³-hybridized carbons (Fsp3) is 0.500. The summed E-state index contributed by atoms with van der Waals surface area (Å²) in [4.78, 5) is 11.9. The molecule has 0 radical (unpaired) electrons. The maximum atomic E-state index is 11.9. The molecule has 1 amide bonds. The second-order valence-corrected chi connectivity index (χ2v) is 6.72. The van der Waals surface area contributed by atoms with Crippen molar-refractivity contribution < 1.29 is 9.53 Å². The molecule has 3 nitrogen and oxygen atoms in total. The lowest BCUT2D eigenvalue weighted by Gasteiger charge is -2.20. The van der Waals surface area contributed by atoms with Gasteiger partial charge in [0.1, 0.15) is 12.4 Å². The van der Waals surface area contributed by atoms with E-state index in [0.717, 1.165) is 12.2 Å². The average molecular weight is 317 g/mol. The second-order valence-electron chi connectivity index (χ2n) is 5.50. The van der Waals surface area contributed by atoms with Gasteiger partial charge in [0.05, 0.1) is 0 Å². The van der Waals surface area contributed by atoms with Crippen LogP contribution >= 0.6 is 11.8 Å². The van der Waals surface area contributed by atoms with E-state index >= 15 is 0 Å². The molecule has 0 bridgehead atoms. The van der Waals surface area contributed by atoms with Gasteiger partial charge in [-0.15, -0.1) is 6.42 Å². The standard InChI is InChI=1S/C18H23NO2S/c1-2-11-21-17-5-3-15(4-6-17)7-10-19-18(20)14-16-8-12-22-13-9-16/h1,3-6,16H,7-14H2,(H,19,20). The number of ether oxygens (including phenoxy) is 1. The molecule has 0 atom stereocenters. The molecule has 22 heavy (non-hydrogen) atoms. The first-order chi connectivity index (χ1) is 10.8. The van der Waals surface area contributed by atoms with Crippen LogP contribution in [0.3, 0.4) is 0 Å². The zero-order valence-electron chi connectivity index (χ0n) is 12.8. The Morgan fingerprint density at radius 1 is 1.32 bits per heavy atom. The molecule has 1 heterocycles. The molecule has 1 aromatic carbocycles. The highest BCUT2D eigenvalue weighted by molar-refractivity contribution is 7.99. The van der Waals surface area contributed by atoms with Crippen LogP contribution in [0, 0.1) is 18.3 Å². The summed E-state index contributed by atoms with van der Waals surface area (Å²) in [6.07, 6.45) is 9.02. The maximum absolute atomic E-state index is 11.9. The molecular formula is C18H23NO2S. The highest BCUT2D eigenvalue weighted by Gasteiger charge is 2.16. The molecule has 0 spiro atoms. The molecule has 1 aliphatic heterocycles. The fourth-order valence-electron chi connectivity index (χ4n) is 2.51. The number of hydrogen-bond donors (Lipinski definition) is 1. The molecule has 0 unspecified atom stereocenters. The minimum atomic E-state index is 0.186. The summed E-state index contributed by atoms with van der Waals surface area (Å²) < 4.78 is 5.33. The number of rotatable bonds is 7. The molecule has 1 aromatic rings. The molecule has 0 aromatic heterocycles. The SMILES string of the molecule is C#CCOc1ccc(CCNC(=O)CC2CCSCC2)cc1. The highest BCUT2D eigenvalue weighted by Crippen LogP contribution is 2.25. The quantitative estimate of drug-likeness (QED) is 0.786. The van der Waals surface area contributed by atoms with E-state index in [1.165, 1.54) is 29.9 Å². The number of carbonyl (C=O) groups is 1. The average Bonchev–Trinajstić information content (AvgIpc) is 2.55. The van der Waals surface area contributed by atoms with Crippen LogP contribution in [0.25, 0.3) is 0 Å². The van der Waals surface area contributed by atoms with Crippen molar-refractivity contribution in [1.29, 1.82) is 0 Å². The summed E-state index contributed by atoms with van der Waals surface area (Å²) in [6.45, 7) is 0.972. The first kappa shape index (κ1) is 16.8. The summed E-state index contributed by atoms with van der Waals surface area (Å²) in [6, 6.07) is 7.84. The number of terminal acetylenes is 1. The first-order valence-electron chi connectivity index (χ1n) is 7.77.